The van der Waals surface area contributed by atoms with Gasteiger partial charge in [-0.1, -0.05) is 25.5 Å². The standard InChI is InChI=1S/C36H60N2O5/c1-14-15-16-36(19-26-17-24(2)29(39)25(3)18-26,31(41)42-28-22-34(8,9)38(13)35(10,11)23-28)43-30(40)27-20-32(4,5)37(12)33(6,7)21-27/h17-18,27-28,39H,14-16,19-23H2,1-13H3. The second kappa shape index (κ2) is 12.3. The minimum atomic E-state index is -1.46. The number of nitrogens with zero attached hydrogens (tertiary/aromatic N) is 2. The van der Waals surface area contributed by atoms with E-state index < -0.39 is 11.6 Å². The number of carbonyl (C=O) groups is 2. The van der Waals surface area contributed by atoms with E-state index in [0.717, 1.165) is 23.1 Å². The summed E-state index contributed by atoms with van der Waals surface area (Å²) < 4.78 is 13.0. The Balaban J connectivity index is 2.04. The molecule has 1 aromatic rings. The van der Waals surface area contributed by atoms with Gasteiger partial charge in [-0.25, -0.2) is 4.79 Å². The van der Waals surface area contributed by atoms with Crippen molar-refractivity contribution in [3.05, 3.63) is 28.8 Å². The molecule has 1 atom stereocenters. The molecule has 7 heteroatoms. The summed E-state index contributed by atoms with van der Waals surface area (Å²) in [5.41, 5.74) is 0.133. The third-order valence-corrected chi connectivity index (χ3v) is 10.8. The molecule has 2 saturated heterocycles. The lowest BCUT2D eigenvalue weighted by molar-refractivity contribution is -0.197. The molecule has 0 saturated carbocycles. The quantitative estimate of drug-likeness (QED) is 0.303. The minimum Gasteiger partial charge on any atom is -0.507 e. The van der Waals surface area contributed by atoms with Crippen molar-refractivity contribution >= 4 is 11.9 Å². The maximum absolute atomic E-state index is 14.5. The molecule has 0 aliphatic carbocycles. The predicted molar refractivity (Wildman–Crippen MR) is 173 cm³/mol. The zero-order valence-electron chi connectivity index (χ0n) is 29.4. The molecule has 1 N–H and O–H groups in total. The highest BCUT2D eigenvalue weighted by Crippen LogP contribution is 2.43. The topological polar surface area (TPSA) is 79.3 Å². The van der Waals surface area contributed by atoms with Crippen LogP contribution >= 0.6 is 0 Å². The van der Waals surface area contributed by atoms with E-state index in [9.17, 15) is 14.7 Å². The number of piperidine rings is 2. The van der Waals surface area contributed by atoms with Gasteiger partial charge in [0.15, 0.2) is 0 Å². The predicted octanol–water partition coefficient (Wildman–Crippen LogP) is 7.12. The first-order valence-corrected chi connectivity index (χ1v) is 16.3. The van der Waals surface area contributed by atoms with E-state index in [-0.39, 0.29) is 52.3 Å². The van der Waals surface area contributed by atoms with Crippen molar-refractivity contribution in [1.29, 1.82) is 0 Å². The van der Waals surface area contributed by atoms with E-state index in [4.69, 9.17) is 9.47 Å². The summed E-state index contributed by atoms with van der Waals surface area (Å²) in [5.74, 6) is -0.864. The van der Waals surface area contributed by atoms with E-state index in [1.807, 2.05) is 26.0 Å². The van der Waals surface area contributed by atoms with Crippen LogP contribution in [0.3, 0.4) is 0 Å². The fraction of sp³-hybridized carbons (Fsp3) is 0.778. The summed E-state index contributed by atoms with van der Waals surface area (Å²) >= 11 is 0. The molecule has 1 aromatic carbocycles. The van der Waals surface area contributed by atoms with Gasteiger partial charge in [0.1, 0.15) is 11.9 Å². The average Bonchev–Trinajstić information content (AvgIpc) is 2.86. The van der Waals surface area contributed by atoms with Gasteiger partial charge in [0, 0.05) is 41.4 Å². The zero-order chi connectivity index (χ0) is 32.8. The van der Waals surface area contributed by atoms with Crippen molar-refractivity contribution in [3.8, 4) is 5.75 Å². The van der Waals surface area contributed by atoms with Crippen LogP contribution in [0, 0.1) is 19.8 Å². The summed E-state index contributed by atoms with van der Waals surface area (Å²) in [5, 5.41) is 10.5. The Labute approximate surface area is 261 Å². The number of esters is 2. The monoisotopic (exact) mass is 600 g/mol. The van der Waals surface area contributed by atoms with Crippen LogP contribution in [0.15, 0.2) is 12.1 Å². The van der Waals surface area contributed by atoms with Gasteiger partial charge in [-0.2, -0.15) is 0 Å². The smallest absolute Gasteiger partial charge is 0.351 e. The van der Waals surface area contributed by atoms with Crippen molar-refractivity contribution in [3.63, 3.8) is 0 Å². The Hall–Kier alpha value is -2.12. The second-order valence-electron chi connectivity index (χ2n) is 16.2. The summed E-state index contributed by atoms with van der Waals surface area (Å²) in [7, 11) is 4.25. The largest absolute Gasteiger partial charge is 0.507 e. The molecular weight excluding hydrogens is 540 g/mol. The van der Waals surface area contributed by atoms with Crippen LogP contribution in [0.4, 0.5) is 0 Å². The van der Waals surface area contributed by atoms with E-state index in [1.54, 1.807) is 0 Å². The van der Waals surface area contributed by atoms with Crippen LogP contribution in [-0.2, 0) is 25.5 Å². The first kappa shape index (κ1) is 35.4. The van der Waals surface area contributed by atoms with Crippen molar-refractivity contribution in [2.24, 2.45) is 5.92 Å². The SMILES string of the molecule is CCCCC(Cc1cc(C)c(O)c(C)c1)(OC(=O)C1CC(C)(C)N(C)C(C)(C)C1)C(=O)OC1CC(C)(C)N(C)C(C)(C)C1. The lowest BCUT2D eigenvalue weighted by Gasteiger charge is -2.53. The molecule has 2 fully saturated rings. The van der Waals surface area contributed by atoms with Gasteiger partial charge in [0.05, 0.1) is 5.92 Å². The molecule has 7 nitrogen and oxygen atoms in total. The number of aryl methyl sites for hydroxylation is 2. The Morgan fingerprint density at radius 2 is 1.30 bits per heavy atom. The first-order valence-electron chi connectivity index (χ1n) is 16.3. The molecule has 0 amide bonds. The van der Waals surface area contributed by atoms with Gasteiger partial charge in [0.25, 0.3) is 0 Å². The van der Waals surface area contributed by atoms with Gasteiger partial charge in [-0.15, -0.1) is 0 Å². The van der Waals surface area contributed by atoms with Crippen LogP contribution in [0.1, 0.15) is 124 Å². The number of carbonyl (C=O) groups excluding carboxylic acids is 2. The highest BCUT2D eigenvalue weighted by Gasteiger charge is 2.51. The zero-order valence-corrected chi connectivity index (χ0v) is 29.4. The fourth-order valence-electron chi connectivity index (χ4n) is 7.77. The van der Waals surface area contributed by atoms with Crippen LogP contribution in [0.25, 0.3) is 0 Å². The minimum absolute atomic E-state index is 0.161. The molecule has 2 aliphatic heterocycles. The molecule has 1 unspecified atom stereocenters. The van der Waals surface area contributed by atoms with E-state index >= 15 is 0 Å². The maximum atomic E-state index is 14.5. The Bertz CT molecular complexity index is 1130. The van der Waals surface area contributed by atoms with Crippen LogP contribution in [-0.4, -0.2) is 74.8 Å². The maximum Gasteiger partial charge on any atom is 0.351 e. The molecule has 0 bridgehead atoms. The normalized spacial score (nSPS) is 23.8. The molecule has 0 spiro atoms. The van der Waals surface area contributed by atoms with Crippen molar-refractivity contribution in [2.75, 3.05) is 14.1 Å². The number of hydrogen-bond acceptors (Lipinski definition) is 7. The number of rotatable bonds is 9. The molecule has 2 heterocycles. The molecule has 0 aromatic heterocycles. The molecule has 244 valence electrons. The number of ether oxygens (including phenoxy) is 2. The van der Waals surface area contributed by atoms with Gasteiger partial charge >= 0.3 is 11.9 Å². The van der Waals surface area contributed by atoms with Crippen LogP contribution in [0.2, 0.25) is 0 Å². The summed E-state index contributed by atoms with van der Waals surface area (Å²) in [6.45, 7) is 23.2. The fourth-order valence-corrected chi connectivity index (χ4v) is 7.77. The van der Waals surface area contributed by atoms with Gasteiger partial charge in [-0.3, -0.25) is 14.6 Å². The third kappa shape index (κ3) is 7.58. The Morgan fingerprint density at radius 1 is 0.860 bits per heavy atom. The molecule has 3 rings (SSSR count). The van der Waals surface area contributed by atoms with E-state index in [0.29, 0.717) is 38.5 Å². The van der Waals surface area contributed by atoms with Gasteiger partial charge in [0.2, 0.25) is 5.60 Å². The summed E-state index contributed by atoms with van der Waals surface area (Å²) in [4.78, 5) is 33.4. The summed E-state index contributed by atoms with van der Waals surface area (Å²) in [6.07, 6.45) is 4.56. The van der Waals surface area contributed by atoms with Crippen LogP contribution in [0.5, 0.6) is 5.75 Å². The Kier molecular flexibility index (Phi) is 10.2. The second-order valence-corrected chi connectivity index (χ2v) is 16.2. The lowest BCUT2D eigenvalue weighted by Crippen LogP contribution is -2.61. The van der Waals surface area contributed by atoms with Crippen molar-refractivity contribution in [1.82, 2.24) is 9.80 Å². The number of unbranched alkanes of at least 4 members (excludes halogenated alkanes) is 1. The van der Waals surface area contributed by atoms with Crippen molar-refractivity contribution < 1.29 is 24.2 Å². The third-order valence-electron chi connectivity index (χ3n) is 10.8. The van der Waals surface area contributed by atoms with Gasteiger partial charge in [-0.05, 0) is 126 Å². The Morgan fingerprint density at radius 3 is 1.74 bits per heavy atom. The molecule has 0 radical (unpaired) electrons. The highest BCUT2D eigenvalue weighted by molar-refractivity contribution is 5.85. The van der Waals surface area contributed by atoms with Crippen molar-refractivity contribution in [2.45, 2.75) is 161 Å². The molecule has 2 aliphatic rings. The lowest BCUT2D eigenvalue weighted by atomic mass is 9.74. The highest BCUT2D eigenvalue weighted by atomic mass is 16.6. The number of phenolic OH excluding ortho intramolecular Hbond substituents is 1. The number of aromatic hydroxyl groups is 1. The average molecular weight is 601 g/mol. The number of likely N-dealkylation sites (tertiary alicyclic amines) is 2. The number of phenols is 1. The van der Waals surface area contributed by atoms with E-state index in [2.05, 4.69) is 86.2 Å². The molecule has 43 heavy (non-hydrogen) atoms. The molecular formula is C36H60N2O5. The van der Waals surface area contributed by atoms with E-state index in [1.165, 1.54) is 0 Å². The first-order chi connectivity index (χ1) is 19.6. The van der Waals surface area contributed by atoms with Gasteiger partial charge < -0.3 is 14.6 Å². The summed E-state index contributed by atoms with van der Waals surface area (Å²) in [6, 6.07) is 3.79. The van der Waals surface area contributed by atoms with Crippen LogP contribution < -0.4 is 0 Å². The number of hydrogen-bond donors (Lipinski definition) is 1. The number of benzene rings is 1.